The monoisotopic (exact) mass is 339 g/mol. The van der Waals surface area contributed by atoms with Gasteiger partial charge in [0.25, 0.3) is 0 Å². The number of hydrogen-bond acceptors (Lipinski definition) is 3. The molecule has 2 nitrogen and oxygen atoms in total. The Morgan fingerprint density at radius 2 is 2.16 bits per heavy atom. The van der Waals surface area contributed by atoms with Crippen LogP contribution in [-0.2, 0) is 6.42 Å². The van der Waals surface area contributed by atoms with Crippen molar-refractivity contribution < 1.29 is 4.74 Å². The predicted molar refractivity (Wildman–Crippen MR) is 85.3 cm³/mol. The van der Waals surface area contributed by atoms with Gasteiger partial charge < -0.3 is 10.1 Å². The van der Waals surface area contributed by atoms with Gasteiger partial charge in [0.2, 0.25) is 0 Å². The van der Waals surface area contributed by atoms with Crippen LogP contribution in [0.4, 0.5) is 0 Å². The number of thiophene rings is 1. The average molecular weight is 340 g/mol. The Labute approximate surface area is 126 Å². The summed E-state index contributed by atoms with van der Waals surface area (Å²) >= 11 is 5.37. The molecule has 0 aliphatic heterocycles. The topological polar surface area (TPSA) is 21.3 Å². The van der Waals surface area contributed by atoms with Crippen molar-refractivity contribution in [2.45, 2.75) is 19.4 Å². The molecule has 0 amide bonds. The summed E-state index contributed by atoms with van der Waals surface area (Å²) in [6.07, 6.45) is 0.936. The van der Waals surface area contributed by atoms with E-state index < -0.39 is 0 Å². The van der Waals surface area contributed by atoms with Crippen molar-refractivity contribution in [3.8, 4) is 5.75 Å². The van der Waals surface area contributed by atoms with Crippen LogP contribution in [0.2, 0.25) is 0 Å². The summed E-state index contributed by atoms with van der Waals surface area (Å²) in [7, 11) is 3.71. The minimum Gasteiger partial charge on any atom is -0.497 e. The molecule has 19 heavy (non-hydrogen) atoms. The van der Waals surface area contributed by atoms with E-state index in [4.69, 9.17) is 4.74 Å². The van der Waals surface area contributed by atoms with Crippen molar-refractivity contribution in [3.05, 3.63) is 50.1 Å². The van der Waals surface area contributed by atoms with Gasteiger partial charge in [-0.25, -0.2) is 0 Å². The van der Waals surface area contributed by atoms with E-state index >= 15 is 0 Å². The maximum atomic E-state index is 5.30. The lowest BCUT2D eigenvalue weighted by atomic mass is 9.98. The van der Waals surface area contributed by atoms with E-state index in [0.717, 1.165) is 16.6 Å². The number of benzene rings is 1. The Bertz CT molecular complexity index is 553. The van der Waals surface area contributed by atoms with E-state index in [1.165, 1.54) is 16.7 Å². The van der Waals surface area contributed by atoms with Crippen LogP contribution in [0, 0.1) is 6.92 Å². The van der Waals surface area contributed by atoms with Gasteiger partial charge in [0.1, 0.15) is 5.75 Å². The highest BCUT2D eigenvalue weighted by Gasteiger charge is 2.15. The molecule has 1 aromatic carbocycles. The molecule has 1 heterocycles. The second-order valence-electron chi connectivity index (χ2n) is 4.51. The molecule has 0 fully saturated rings. The average Bonchev–Trinajstić information content (AvgIpc) is 2.84. The molecule has 2 aromatic rings. The van der Waals surface area contributed by atoms with E-state index in [9.17, 15) is 0 Å². The first-order valence-electron chi connectivity index (χ1n) is 6.18. The van der Waals surface area contributed by atoms with Gasteiger partial charge in [-0.2, -0.15) is 11.3 Å². The molecule has 0 spiro atoms. The van der Waals surface area contributed by atoms with Gasteiger partial charge in [-0.15, -0.1) is 0 Å². The molecule has 0 bridgehead atoms. The largest absolute Gasteiger partial charge is 0.497 e. The minimum atomic E-state index is 0.328. The normalized spacial score (nSPS) is 12.4. The molecule has 2 rings (SSSR count). The lowest BCUT2D eigenvalue weighted by molar-refractivity contribution is 0.414. The molecule has 0 radical (unpaired) electrons. The summed E-state index contributed by atoms with van der Waals surface area (Å²) in [5, 5.41) is 7.82. The van der Waals surface area contributed by atoms with Gasteiger partial charge in [-0.05, 0) is 66.0 Å². The Morgan fingerprint density at radius 3 is 2.74 bits per heavy atom. The summed E-state index contributed by atoms with van der Waals surface area (Å²) < 4.78 is 6.43. The van der Waals surface area contributed by atoms with Gasteiger partial charge >= 0.3 is 0 Å². The van der Waals surface area contributed by atoms with Crippen molar-refractivity contribution >= 4 is 27.3 Å². The summed E-state index contributed by atoms with van der Waals surface area (Å²) in [4.78, 5) is 0. The van der Waals surface area contributed by atoms with E-state index in [1.807, 2.05) is 19.2 Å². The number of nitrogens with one attached hydrogen (secondary N) is 1. The number of rotatable bonds is 5. The van der Waals surface area contributed by atoms with Crippen molar-refractivity contribution in [2.24, 2.45) is 0 Å². The zero-order valence-electron chi connectivity index (χ0n) is 11.4. The Kier molecular flexibility index (Phi) is 5.02. The fraction of sp³-hybridized carbons (Fsp3) is 0.333. The van der Waals surface area contributed by atoms with Gasteiger partial charge in [-0.3, -0.25) is 0 Å². The van der Waals surface area contributed by atoms with Crippen LogP contribution in [0.1, 0.15) is 22.7 Å². The van der Waals surface area contributed by atoms with Crippen molar-refractivity contribution in [2.75, 3.05) is 14.2 Å². The molecule has 0 saturated heterocycles. The van der Waals surface area contributed by atoms with Crippen LogP contribution in [0.5, 0.6) is 5.75 Å². The fourth-order valence-corrected chi connectivity index (χ4v) is 3.46. The molecule has 0 aliphatic carbocycles. The Balaban J connectivity index is 2.26. The zero-order chi connectivity index (χ0) is 13.8. The van der Waals surface area contributed by atoms with Crippen LogP contribution in [0.3, 0.4) is 0 Å². The van der Waals surface area contributed by atoms with Crippen LogP contribution in [-0.4, -0.2) is 14.2 Å². The first kappa shape index (κ1) is 14.6. The third-order valence-electron chi connectivity index (χ3n) is 3.30. The lowest BCUT2D eigenvalue weighted by Gasteiger charge is -2.18. The number of aryl methyl sites for hydroxylation is 1. The standard InChI is InChI=1S/C15H18BrNOS/c1-10-8-19-9-13(10)15(17-2)7-11-6-12(18-3)4-5-14(11)16/h4-6,8-9,15,17H,7H2,1-3H3. The SMILES string of the molecule is CNC(Cc1cc(OC)ccc1Br)c1cscc1C. The number of halogens is 1. The summed E-state index contributed by atoms with van der Waals surface area (Å²) in [6.45, 7) is 2.16. The fourth-order valence-electron chi connectivity index (χ4n) is 2.15. The van der Waals surface area contributed by atoms with E-state index in [-0.39, 0.29) is 0 Å². The molecule has 4 heteroatoms. The van der Waals surface area contributed by atoms with Gasteiger partial charge in [0, 0.05) is 10.5 Å². The Morgan fingerprint density at radius 1 is 1.37 bits per heavy atom. The zero-order valence-corrected chi connectivity index (χ0v) is 13.8. The summed E-state index contributed by atoms with van der Waals surface area (Å²) in [6, 6.07) is 6.43. The first-order chi connectivity index (χ1) is 9.15. The van der Waals surface area contributed by atoms with Gasteiger partial charge in [0.15, 0.2) is 0 Å². The number of ether oxygens (including phenoxy) is 1. The molecule has 1 unspecified atom stereocenters. The summed E-state index contributed by atoms with van der Waals surface area (Å²) in [5.74, 6) is 0.898. The maximum absolute atomic E-state index is 5.30. The quantitative estimate of drug-likeness (QED) is 0.875. The van der Waals surface area contributed by atoms with E-state index in [1.54, 1.807) is 18.4 Å². The number of hydrogen-bond donors (Lipinski definition) is 1. The summed E-state index contributed by atoms with van der Waals surface area (Å²) in [5.41, 5.74) is 3.98. The van der Waals surface area contributed by atoms with Gasteiger partial charge in [0.05, 0.1) is 7.11 Å². The highest BCUT2D eigenvalue weighted by molar-refractivity contribution is 9.10. The highest BCUT2D eigenvalue weighted by Crippen LogP contribution is 2.29. The van der Waals surface area contributed by atoms with Crippen molar-refractivity contribution in [1.29, 1.82) is 0 Å². The molecular weight excluding hydrogens is 322 g/mol. The molecule has 1 aromatic heterocycles. The third kappa shape index (κ3) is 3.38. The smallest absolute Gasteiger partial charge is 0.119 e. The van der Waals surface area contributed by atoms with Gasteiger partial charge in [-0.1, -0.05) is 15.9 Å². The predicted octanol–water partition coefficient (Wildman–Crippen LogP) is 4.33. The lowest BCUT2D eigenvalue weighted by Crippen LogP contribution is -2.19. The minimum absolute atomic E-state index is 0.328. The molecule has 0 aliphatic rings. The van der Waals surface area contributed by atoms with Crippen molar-refractivity contribution in [3.63, 3.8) is 0 Å². The molecule has 102 valence electrons. The molecular formula is C15H18BrNOS. The van der Waals surface area contributed by atoms with Crippen LogP contribution in [0.15, 0.2) is 33.4 Å². The van der Waals surface area contributed by atoms with Crippen molar-refractivity contribution in [1.82, 2.24) is 5.32 Å². The number of methoxy groups -OCH3 is 1. The van der Waals surface area contributed by atoms with Crippen LogP contribution >= 0.6 is 27.3 Å². The van der Waals surface area contributed by atoms with E-state index in [0.29, 0.717) is 6.04 Å². The second kappa shape index (κ2) is 6.55. The number of likely N-dealkylation sites (N-methyl/N-ethyl adjacent to an activating group) is 1. The molecule has 1 N–H and O–H groups in total. The first-order valence-corrected chi connectivity index (χ1v) is 7.91. The van der Waals surface area contributed by atoms with E-state index in [2.05, 4.69) is 45.0 Å². The maximum Gasteiger partial charge on any atom is 0.119 e. The Hall–Kier alpha value is -0.840. The van der Waals surface area contributed by atoms with Crippen LogP contribution in [0.25, 0.3) is 0 Å². The van der Waals surface area contributed by atoms with Crippen LogP contribution < -0.4 is 10.1 Å². The molecule has 1 atom stereocenters. The second-order valence-corrected chi connectivity index (χ2v) is 6.11. The third-order valence-corrected chi connectivity index (χ3v) is 4.95. The highest BCUT2D eigenvalue weighted by atomic mass is 79.9. The molecule has 0 saturated carbocycles.